The summed E-state index contributed by atoms with van der Waals surface area (Å²) in [4.78, 5) is 40.8. The lowest BCUT2D eigenvalue weighted by atomic mass is 10.2. The largest absolute Gasteiger partial charge is 0.453 e. The summed E-state index contributed by atoms with van der Waals surface area (Å²) in [5, 5.41) is 69.6. The van der Waals surface area contributed by atoms with E-state index in [1.165, 1.54) is 31.1 Å². The Morgan fingerprint density at radius 3 is 1.70 bits per heavy atom. The van der Waals surface area contributed by atoms with Crippen LogP contribution in [0.25, 0.3) is 33.0 Å². The first-order valence-corrected chi connectivity index (χ1v) is 14.3. The van der Waals surface area contributed by atoms with Gasteiger partial charge in [-0.05, 0) is 46.2 Å². The molecule has 0 saturated heterocycles. The van der Waals surface area contributed by atoms with Crippen LogP contribution >= 0.6 is 11.6 Å². The highest BCUT2D eigenvalue weighted by molar-refractivity contribution is 6.31. The Labute approximate surface area is 328 Å². The minimum absolute atomic E-state index is 0. The Bertz CT molecular complexity index is 2300. The van der Waals surface area contributed by atoms with Gasteiger partial charge in [-0.2, -0.15) is 41.0 Å². The van der Waals surface area contributed by atoms with Crippen LogP contribution in [0.15, 0.2) is 98.4 Å². The van der Waals surface area contributed by atoms with E-state index in [1.54, 1.807) is 24.4 Å². The molecular weight excluding hydrogens is 770 g/mol. The van der Waals surface area contributed by atoms with Gasteiger partial charge >= 0.3 is 11.8 Å². The molecule has 0 unspecified atom stereocenters. The van der Waals surface area contributed by atoms with Crippen molar-refractivity contribution in [1.29, 1.82) is 0 Å². The second kappa shape index (κ2) is 26.6. The number of non-ortho nitro benzene ring substituents is 1. The number of hydrogen-bond acceptors (Lipinski definition) is 16. The van der Waals surface area contributed by atoms with Gasteiger partial charge in [0.2, 0.25) is 6.33 Å². The van der Waals surface area contributed by atoms with Gasteiger partial charge in [-0.25, -0.2) is 15.0 Å². The van der Waals surface area contributed by atoms with Crippen LogP contribution in [0.1, 0.15) is 37.1 Å². The number of H-pyrrole nitrogens is 6. The van der Waals surface area contributed by atoms with Crippen molar-refractivity contribution < 1.29 is 14.8 Å². The van der Waals surface area contributed by atoms with Crippen LogP contribution in [-0.2, 0) is 0 Å². The zero-order chi connectivity index (χ0) is 37.1. The fourth-order valence-electron chi connectivity index (χ4n) is 3.45. The average molecular weight is 812 g/mol. The van der Waals surface area contributed by atoms with Gasteiger partial charge in [-0.3, -0.25) is 20.3 Å². The van der Waals surface area contributed by atoms with E-state index in [-0.39, 0.29) is 54.6 Å². The minimum Gasteiger partial charge on any atom is -0.390 e. The summed E-state index contributed by atoms with van der Waals surface area (Å²) in [5.74, 6) is -0.407. The predicted octanol–water partition coefficient (Wildman–Crippen LogP) is 7.06. The third kappa shape index (κ3) is 16.6. The second-order valence-corrected chi connectivity index (χ2v) is 9.52. The van der Waals surface area contributed by atoms with Gasteiger partial charge in [0.05, 0.1) is 16.6 Å². The van der Waals surface area contributed by atoms with Gasteiger partial charge in [0.15, 0.2) is 6.33 Å². The highest BCUT2D eigenvalue weighted by atomic mass is 35.5. The van der Waals surface area contributed by atoms with E-state index >= 15 is 0 Å². The Balaban J connectivity index is 0. The maximum Gasteiger partial charge on any atom is 0.453 e. The Morgan fingerprint density at radius 1 is 0.596 bits per heavy atom. The van der Waals surface area contributed by atoms with Gasteiger partial charge < -0.3 is 20.2 Å². The second-order valence-electron chi connectivity index (χ2n) is 9.08. The van der Waals surface area contributed by atoms with Crippen LogP contribution in [0, 0.1) is 30.3 Å². The monoisotopic (exact) mass is 811 g/mol. The number of fused-ring (bicyclic) bond motifs is 3. The third-order valence-corrected chi connectivity index (χ3v) is 5.96. The normalized spacial score (nSPS) is 8.86. The van der Waals surface area contributed by atoms with E-state index in [9.17, 15) is 30.3 Å². The summed E-state index contributed by atoms with van der Waals surface area (Å²) >= 11 is 5.69. The molecular formula is C31H42ClN19O6. The highest BCUT2D eigenvalue weighted by Gasteiger charge is 2.06. The first kappa shape index (κ1) is 51.0. The molecule has 9 rings (SSSR count). The van der Waals surface area contributed by atoms with Gasteiger partial charge in [0, 0.05) is 22.5 Å². The zero-order valence-electron chi connectivity index (χ0n) is 25.9. The molecule has 304 valence electrons. The van der Waals surface area contributed by atoms with E-state index in [0.717, 1.165) is 45.5 Å². The number of rotatable bonds is 3. The lowest BCUT2D eigenvalue weighted by Gasteiger charge is -1.89. The van der Waals surface area contributed by atoms with E-state index in [0.29, 0.717) is 5.02 Å². The van der Waals surface area contributed by atoms with E-state index in [2.05, 4.69) is 81.3 Å². The van der Waals surface area contributed by atoms with Crippen LogP contribution in [0.5, 0.6) is 0 Å². The summed E-state index contributed by atoms with van der Waals surface area (Å²) in [6, 6.07) is 17.6. The molecule has 6 aromatic heterocycles. The number of aromatic nitrogens is 16. The molecule has 6 N–H and O–H groups in total. The molecule has 0 radical (unpaired) electrons. The van der Waals surface area contributed by atoms with Crippen molar-refractivity contribution in [2.75, 3.05) is 0 Å². The number of para-hydroxylation sites is 2. The van der Waals surface area contributed by atoms with E-state index < -0.39 is 14.8 Å². The number of benzene rings is 3. The van der Waals surface area contributed by atoms with Gasteiger partial charge in [0.25, 0.3) is 5.69 Å². The van der Waals surface area contributed by atoms with Crippen molar-refractivity contribution in [3.05, 3.63) is 134 Å². The van der Waals surface area contributed by atoms with Gasteiger partial charge in [-0.15, -0.1) is 5.10 Å². The van der Waals surface area contributed by atoms with Crippen LogP contribution in [0.3, 0.4) is 0 Å². The van der Waals surface area contributed by atoms with Gasteiger partial charge in [0.1, 0.15) is 40.9 Å². The molecule has 0 aliphatic rings. The van der Waals surface area contributed by atoms with Crippen molar-refractivity contribution in [1.82, 2.24) is 81.3 Å². The van der Waals surface area contributed by atoms with E-state index in [1.807, 2.05) is 30.3 Å². The number of nitro benzene ring substituents is 1. The molecule has 9 aromatic rings. The Kier molecular flexibility index (Phi) is 23.8. The van der Waals surface area contributed by atoms with Crippen molar-refractivity contribution in [3.63, 3.8) is 0 Å². The zero-order valence-corrected chi connectivity index (χ0v) is 26.6. The van der Waals surface area contributed by atoms with Crippen LogP contribution in [0.4, 0.5) is 17.5 Å². The number of nitrogens with one attached hydrogen (secondary N) is 6. The first-order valence-electron chi connectivity index (χ1n) is 13.9. The molecule has 0 fully saturated rings. The molecule has 0 saturated carbocycles. The molecule has 0 aliphatic heterocycles. The number of imidazole rings is 1. The number of aromatic amines is 6. The average Bonchev–Trinajstić information content (AvgIpc) is 4.01. The Morgan fingerprint density at radius 2 is 1.25 bits per heavy atom. The third-order valence-electron chi connectivity index (χ3n) is 5.72. The summed E-state index contributed by atoms with van der Waals surface area (Å²) in [6.45, 7) is 0. The molecule has 0 atom stereocenters. The lowest BCUT2D eigenvalue weighted by Crippen LogP contribution is -1.88. The Hall–Kier alpha value is -8.09. The SMILES string of the molecule is C.C.C.C.C.Clc1ccc2n[nH]nc2c1.O=[N+]([O-])c1ccc2[nH]ncc2c1.O=[N+]([O-])c1cnc[nH]1.O=[N+]([O-])c1ncn[nH]1.c1ccc2n[nH]nc2c1.c1nc[nH]n1. The fraction of sp³-hybridized carbons (Fsp3) is 0.161. The molecule has 25 nitrogen and oxygen atoms in total. The van der Waals surface area contributed by atoms with Crippen molar-refractivity contribution in [2.45, 2.75) is 37.1 Å². The first-order chi connectivity index (χ1) is 25.2. The molecule has 0 amide bonds. The molecule has 26 heteroatoms. The molecule has 6 heterocycles. The van der Waals surface area contributed by atoms with Crippen LogP contribution < -0.4 is 0 Å². The molecule has 3 aromatic carbocycles. The molecule has 0 bridgehead atoms. The standard InChI is InChI=1S/C7H5N3O2.C6H4ClN3.C6H5N3.C3H3N3O2.C2H2N4O2.C2H3N3.5CH4/c11-10(12)6-1-2-7-5(3-6)4-8-9-7;7-4-1-2-5-6(3-4)9-10-8-5;1-2-4-6-5(3-1)7-9-8-6;7-6(8)3-1-4-2-5-3;7-6(8)2-3-1-4-5-2;1-3-2-5-4-1;;;;;/h1-4H,(H,8,9);1-3H,(H,8,9,10);1-4H,(H,7,8,9);1-2H,(H,4,5);1H,(H,3,4,5);1-2H,(H,3,4,5);5*1H4. The van der Waals surface area contributed by atoms with Crippen LogP contribution in [-0.4, -0.2) is 96.1 Å². The fourth-order valence-corrected chi connectivity index (χ4v) is 3.61. The van der Waals surface area contributed by atoms with Crippen molar-refractivity contribution in [2.24, 2.45) is 0 Å². The van der Waals surface area contributed by atoms with Gasteiger partial charge in [-0.1, -0.05) is 70.9 Å². The highest BCUT2D eigenvalue weighted by Crippen LogP contribution is 2.18. The summed E-state index contributed by atoms with van der Waals surface area (Å²) in [5.41, 5.74) is 4.36. The molecule has 0 aliphatic carbocycles. The number of hydrogen-bond donors (Lipinski definition) is 6. The van der Waals surface area contributed by atoms with Crippen molar-refractivity contribution in [3.8, 4) is 0 Å². The predicted molar refractivity (Wildman–Crippen MR) is 214 cm³/mol. The number of nitrogens with zero attached hydrogens (tertiary/aromatic N) is 13. The quantitative estimate of drug-likeness (QED) is 0.0768. The number of halogens is 1. The lowest BCUT2D eigenvalue weighted by molar-refractivity contribution is -0.394. The summed E-state index contributed by atoms with van der Waals surface area (Å²) in [7, 11) is 0. The molecule has 0 spiro atoms. The van der Waals surface area contributed by atoms with Crippen LogP contribution in [0.2, 0.25) is 5.02 Å². The maximum absolute atomic E-state index is 10.3. The smallest absolute Gasteiger partial charge is 0.390 e. The topological polar surface area (TPSA) is 353 Å². The summed E-state index contributed by atoms with van der Waals surface area (Å²) in [6.07, 6.45) is 8.01. The number of nitro groups is 3. The van der Waals surface area contributed by atoms with E-state index in [4.69, 9.17) is 11.6 Å². The van der Waals surface area contributed by atoms with Crippen molar-refractivity contribution >= 4 is 62.0 Å². The summed E-state index contributed by atoms with van der Waals surface area (Å²) < 4.78 is 0. The minimum atomic E-state index is -0.646. The molecule has 57 heavy (non-hydrogen) atoms. The maximum atomic E-state index is 10.3.